The second kappa shape index (κ2) is 3.30. The fraction of sp³-hybridized carbons (Fsp3) is 1.00. The van der Waals surface area contributed by atoms with Gasteiger partial charge in [-0.25, -0.2) is 0 Å². The highest BCUT2D eigenvalue weighted by atomic mass is 14.9. The molecule has 0 heterocycles. The lowest BCUT2D eigenvalue weighted by Gasteiger charge is -2.35. The summed E-state index contributed by atoms with van der Waals surface area (Å²) in [6.45, 7) is 3.95. The van der Waals surface area contributed by atoms with Crippen LogP contribution in [-0.4, -0.2) is 24.2 Å². The molecule has 0 saturated carbocycles. The van der Waals surface area contributed by atoms with Crippen LogP contribution in [0.3, 0.4) is 0 Å². The van der Waals surface area contributed by atoms with Gasteiger partial charge in [0.15, 0.2) is 0 Å². The van der Waals surface area contributed by atoms with E-state index >= 15 is 0 Å². The SMILES string of the molecule is CC(N)C(N)(CN)C(C)N. The van der Waals surface area contributed by atoms with Gasteiger partial charge in [0, 0.05) is 18.6 Å². The quantitative estimate of drug-likeness (QED) is 0.382. The summed E-state index contributed by atoms with van der Waals surface area (Å²) < 4.78 is 0. The fourth-order valence-electron chi connectivity index (χ4n) is 0.786. The second-order valence-corrected chi connectivity index (χ2v) is 2.89. The number of nitrogens with two attached hydrogens (primary N) is 4. The van der Waals surface area contributed by atoms with Crippen molar-refractivity contribution < 1.29 is 0 Å². The van der Waals surface area contributed by atoms with Crippen LogP contribution < -0.4 is 22.9 Å². The minimum atomic E-state index is -0.625. The Morgan fingerprint density at radius 2 is 1.50 bits per heavy atom. The Kier molecular flexibility index (Phi) is 3.24. The van der Waals surface area contributed by atoms with E-state index in [1.807, 2.05) is 13.8 Å². The van der Waals surface area contributed by atoms with Crippen molar-refractivity contribution in [3.05, 3.63) is 0 Å². The van der Waals surface area contributed by atoms with Crippen molar-refractivity contribution in [2.24, 2.45) is 22.9 Å². The predicted molar refractivity (Wildman–Crippen MR) is 43.3 cm³/mol. The lowest BCUT2D eigenvalue weighted by atomic mass is 9.86. The van der Waals surface area contributed by atoms with Gasteiger partial charge in [0.2, 0.25) is 0 Å². The van der Waals surface area contributed by atoms with E-state index in [-0.39, 0.29) is 12.1 Å². The molecule has 0 aromatic carbocycles. The molecule has 0 aromatic rings. The Morgan fingerprint density at radius 1 is 1.20 bits per heavy atom. The van der Waals surface area contributed by atoms with E-state index in [4.69, 9.17) is 22.9 Å². The lowest BCUT2D eigenvalue weighted by Crippen LogP contribution is -2.67. The van der Waals surface area contributed by atoms with Gasteiger partial charge in [-0.1, -0.05) is 0 Å². The molecule has 62 valence electrons. The molecule has 10 heavy (non-hydrogen) atoms. The van der Waals surface area contributed by atoms with E-state index in [9.17, 15) is 0 Å². The summed E-state index contributed by atoms with van der Waals surface area (Å²) in [5, 5.41) is 0. The van der Waals surface area contributed by atoms with Crippen molar-refractivity contribution in [1.29, 1.82) is 0 Å². The van der Waals surface area contributed by atoms with Crippen molar-refractivity contribution in [3.63, 3.8) is 0 Å². The predicted octanol–water partition coefficient (Wildman–Crippen LogP) is -1.66. The molecular formula is C6H18N4. The number of hydrogen-bond acceptors (Lipinski definition) is 4. The summed E-state index contributed by atoms with van der Waals surface area (Å²) in [5.41, 5.74) is 21.8. The van der Waals surface area contributed by atoms with Crippen LogP contribution >= 0.6 is 0 Å². The van der Waals surface area contributed by atoms with E-state index in [2.05, 4.69) is 0 Å². The van der Waals surface area contributed by atoms with Gasteiger partial charge in [0.05, 0.1) is 5.54 Å². The van der Waals surface area contributed by atoms with Crippen molar-refractivity contribution in [2.75, 3.05) is 6.54 Å². The minimum absolute atomic E-state index is 0.169. The molecule has 0 aliphatic carbocycles. The Labute approximate surface area is 61.9 Å². The van der Waals surface area contributed by atoms with Gasteiger partial charge in [-0.05, 0) is 13.8 Å². The minimum Gasteiger partial charge on any atom is -0.329 e. The van der Waals surface area contributed by atoms with Crippen molar-refractivity contribution in [2.45, 2.75) is 31.5 Å². The molecule has 0 saturated heterocycles. The maximum Gasteiger partial charge on any atom is 0.0579 e. The molecule has 0 bridgehead atoms. The number of hydrogen-bond donors (Lipinski definition) is 4. The smallest absolute Gasteiger partial charge is 0.0579 e. The second-order valence-electron chi connectivity index (χ2n) is 2.89. The summed E-state index contributed by atoms with van der Waals surface area (Å²) in [6.07, 6.45) is 0. The Balaban J connectivity index is 4.23. The van der Waals surface area contributed by atoms with Crippen LogP contribution in [0.2, 0.25) is 0 Å². The van der Waals surface area contributed by atoms with Gasteiger partial charge >= 0.3 is 0 Å². The van der Waals surface area contributed by atoms with Crippen LogP contribution in [0.1, 0.15) is 13.8 Å². The topological polar surface area (TPSA) is 104 Å². The average Bonchev–Trinajstić information content (AvgIpc) is 1.85. The van der Waals surface area contributed by atoms with E-state index in [1.165, 1.54) is 0 Å². The first kappa shape index (κ1) is 9.84. The van der Waals surface area contributed by atoms with Crippen LogP contribution in [0.5, 0.6) is 0 Å². The normalized spacial score (nSPS) is 23.4. The highest BCUT2D eigenvalue weighted by Crippen LogP contribution is 2.06. The highest BCUT2D eigenvalue weighted by Gasteiger charge is 2.31. The van der Waals surface area contributed by atoms with Crippen LogP contribution in [0.15, 0.2) is 0 Å². The van der Waals surface area contributed by atoms with Crippen molar-refractivity contribution >= 4 is 0 Å². The van der Waals surface area contributed by atoms with E-state index in [0.29, 0.717) is 6.54 Å². The zero-order valence-corrected chi connectivity index (χ0v) is 6.67. The molecule has 0 amide bonds. The summed E-state index contributed by atoms with van der Waals surface area (Å²) >= 11 is 0. The molecule has 0 radical (unpaired) electrons. The number of rotatable bonds is 3. The molecule has 4 nitrogen and oxygen atoms in total. The Bertz CT molecular complexity index is 91.9. The van der Waals surface area contributed by atoms with Gasteiger partial charge < -0.3 is 22.9 Å². The Morgan fingerprint density at radius 3 is 1.50 bits per heavy atom. The molecule has 0 rings (SSSR count). The summed E-state index contributed by atoms with van der Waals surface area (Å²) in [7, 11) is 0. The third-order valence-corrected chi connectivity index (χ3v) is 2.05. The first-order chi connectivity index (χ1) is 4.45. The van der Waals surface area contributed by atoms with Gasteiger partial charge in [0.1, 0.15) is 0 Å². The van der Waals surface area contributed by atoms with Crippen molar-refractivity contribution in [1.82, 2.24) is 0 Å². The van der Waals surface area contributed by atoms with E-state index < -0.39 is 5.54 Å². The zero-order chi connectivity index (χ0) is 8.36. The van der Waals surface area contributed by atoms with Crippen LogP contribution in [-0.2, 0) is 0 Å². The largest absolute Gasteiger partial charge is 0.329 e. The molecule has 0 aliphatic rings. The molecule has 0 aromatic heterocycles. The molecule has 2 atom stereocenters. The van der Waals surface area contributed by atoms with Crippen LogP contribution in [0.25, 0.3) is 0 Å². The average molecular weight is 146 g/mol. The fourth-order valence-corrected chi connectivity index (χ4v) is 0.786. The molecule has 0 spiro atoms. The van der Waals surface area contributed by atoms with E-state index in [0.717, 1.165) is 0 Å². The van der Waals surface area contributed by atoms with Crippen LogP contribution in [0.4, 0.5) is 0 Å². The molecule has 0 fully saturated rings. The highest BCUT2D eigenvalue weighted by molar-refractivity contribution is 4.99. The first-order valence-electron chi connectivity index (χ1n) is 3.45. The van der Waals surface area contributed by atoms with E-state index in [1.54, 1.807) is 0 Å². The molecule has 8 N–H and O–H groups in total. The standard InChI is InChI=1S/C6H18N4/c1-4(8)6(10,3-7)5(2)9/h4-5H,3,7-10H2,1-2H3. The molecule has 0 aliphatic heterocycles. The maximum absolute atomic E-state index is 5.81. The van der Waals surface area contributed by atoms with Gasteiger partial charge in [0.25, 0.3) is 0 Å². The zero-order valence-electron chi connectivity index (χ0n) is 6.67. The lowest BCUT2D eigenvalue weighted by molar-refractivity contribution is 0.316. The first-order valence-corrected chi connectivity index (χ1v) is 3.45. The Hall–Kier alpha value is -0.160. The van der Waals surface area contributed by atoms with Gasteiger partial charge in [-0.3, -0.25) is 0 Å². The molecule has 4 heteroatoms. The van der Waals surface area contributed by atoms with Gasteiger partial charge in [-0.2, -0.15) is 0 Å². The maximum atomic E-state index is 5.81. The molecular weight excluding hydrogens is 128 g/mol. The third kappa shape index (κ3) is 1.67. The molecule has 2 unspecified atom stereocenters. The van der Waals surface area contributed by atoms with Crippen molar-refractivity contribution in [3.8, 4) is 0 Å². The summed E-state index contributed by atoms with van der Waals surface area (Å²) in [6, 6.07) is -0.338. The monoisotopic (exact) mass is 146 g/mol. The third-order valence-electron chi connectivity index (χ3n) is 2.05. The summed E-state index contributed by atoms with van der Waals surface area (Å²) in [4.78, 5) is 0. The van der Waals surface area contributed by atoms with Crippen LogP contribution in [0, 0.1) is 0 Å². The summed E-state index contributed by atoms with van der Waals surface area (Å²) in [5.74, 6) is 0. The van der Waals surface area contributed by atoms with Gasteiger partial charge in [-0.15, -0.1) is 0 Å².